The fraction of sp³-hybridized carbons (Fsp3) is 0.609. The first-order chi connectivity index (χ1) is 15.1. The summed E-state index contributed by atoms with van der Waals surface area (Å²) in [5.74, 6) is 2.63. The molecule has 0 unspecified atom stereocenters. The summed E-state index contributed by atoms with van der Waals surface area (Å²) in [5.41, 5.74) is 1.97. The Kier molecular flexibility index (Phi) is 5.67. The third kappa shape index (κ3) is 3.94. The highest BCUT2D eigenvalue weighted by Gasteiger charge is 2.30. The van der Waals surface area contributed by atoms with Crippen molar-refractivity contribution in [3.05, 3.63) is 29.8 Å². The number of hydrogen-bond donors (Lipinski definition) is 0. The van der Waals surface area contributed by atoms with Crippen LogP contribution in [0.1, 0.15) is 63.0 Å². The molecule has 4 heterocycles. The molecule has 2 aromatic heterocycles. The zero-order valence-electron chi connectivity index (χ0n) is 18.6. The van der Waals surface area contributed by atoms with Crippen molar-refractivity contribution in [2.24, 2.45) is 0 Å². The molecule has 3 aromatic rings. The Bertz CT molecular complexity index is 1030. The number of likely N-dealkylation sites (tertiary alicyclic amines) is 1. The van der Waals surface area contributed by atoms with Gasteiger partial charge < -0.3 is 18.9 Å². The molecule has 2 aliphatic rings. The minimum Gasteiger partial charge on any atom is -0.497 e. The van der Waals surface area contributed by atoms with E-state index in [1.807, 2.05) is 18.2 Å². The summed E-state index contributed by atoms with van der Waals surface area (Å²) in [4.78, 5) is 7.37. The lowest BCUT2D eigenvalue weighted by Crippen LogP contribution is -2.43. The molecule has 0 spiro atoms. The normalized spacial score (nSPS) is 19.5. The van der Waals surface area contributed by atoms with Crippen LogP contribution in [0.5, 0.6) is 5.75 Å². The van der Waals surface area contributed by atoms with E-state index in [1.165, 1.54) is 0 Å². The number of benzene rings is 1. The van der Waals surface area contributed by atoms with Crippen molar-refractivity contribution in [3.8, 4) is 11.7 Å². The summed E-state index contributed by atoms with van der Waals surface area (Å²) >= 11 is 0. The Morgan fingerprint density at radius 3 is 2.58 bits per heavy atom. The minimum atomic E-state index is 0.275. The Labute approximate surface area is 182 Å². The molecule has 0 amide bonds. The largest absolute Gasteiger partial charge is 0.497 e. The van der Waals surface area contributed by atoms with Gasteiger partial charge in [0, 0.05) is 30.6 Å². The van der Waals surface area contributed by atoms with Crippen LogP contribution in [-0.4, -0.2) is 64.3 Å². The number of rotatable bonds is 5. The topological polar surface area (TPSA) is 78.4 Å². The highest BCUT2D eigenvalue weighted by atomic mass is 16.5. The van der Waals surface area contributed by atoms with Crippen LogP contribution < -0.4 is 4.74 Å². The molecule has 2 fully saturated rings. The Morgan fingerprint density at radius 1 is 1.10 bits per heavy atom. The van der Waals surface area contributed by atoms with Gasteiger partial charge in [-0.25, -0.2) is 0 Å². The number of piperidine rings is 1. The van der Waals surface area contributed by atoms with Gasteiger partial charge >= 0.3 is 0 Å². The molecular weight excluding hydrogens is 394 g/mol. The quantitative estimate of drug-likeness (QED) is 0.613. The van der Waals surface area contributed by atoms with Crippen molar-refractivity contribution in [2.45, 2.75) is 57.4 Å². The highest BCUT2D eigenvalue weighted by Crippen LogP contribution is 2.32. The van der Waals surface area contributed by atoms with E-state index in [9.17, 15) is 0 Å². The summed E-state index contributed by atoms with van der Waals surface area (Å²) in [6.45, 7) is 8.21. The van der Waals surface area contributed by atoms with Gasteiger partial charge in [0.1, 0.15) is 5.75 Å². The second kappa shape index (κ2) is 8.59. The molecule has 2 aliphatic heterocycles. The van der Waals surface area contributed by atoms with Crippen LogP contribution in [0.25, 0.3) is 16.9 Å². The zero-order chi connectivity index (χ0) is 21.4. The predicted octanol–water partition coefficient (Wildman–Crippen LogP) is 3.90. The van der Waals surface area contributed by atoms with E-state index in [-0.39, 0.29) is 5.92 Å². The molecule has 0 aliphatic carbocycles. The number of methoxy groups -OCH3 is 1. The second-order valence-electron chi connectivity index (χ2n) is 8.92. The first-order valence-corrected chi connectivity index (χ1v) is 11.4. The van der Waals surface area contributed by atoms with E-state index in [1.54, 1.807) is 11.8 Å². The first-order valence-electron chi connectivity index (χ1n) is 11.4. The molecule has 8 heteroatoms. The van der Waals surface area contributed by atoms with Crippen molar-refractivity contribution >= 4 is 10.9 Å². The number of hydrogen-bond acceptors (Lipinski definition) is 7. The van der Waals surface area contributed by atoms with Crippen LogP contribution in [0.15, 0.2) is 22.7 Å². The van der Waals surface area contributed by atoms with E-state index in [4.69, 9.17) is 24.1 Å². The maximum absolute atomic E-state index is 5.72. The van der Waals surface area contributed by atoms with E-state index >= 15 is 0 Å². The Hall–Kier alpha value is -2.45. The molecule has 0 atom stereocenters. The third-order valence-electron chi connectivity index (χ3n) is 6.67. The fourth-order valence-corrected chi connectivity index (χ4v) is 4.87. The molecule has 5 rings (SSSR count). The average molecular weight is 426 g/mol. The lowest BCUT2D eigenvalue weighted by molar-refractivity contribution is 0.0239. The van der Waals surface area contributed by atoms with Gasteiger partial charge in [-0.05, 0) is 68.0 Å². The lowest BCUT2D eigenvalue weighted by Gasteiger charge is -2.38. The SMILES string of the molecule is COc1ccc2c(c1)c(C(C)C)nn2-c1noc(C2CCN(C3CCOCC3)CC2)n1. The Balaban J connectivity index is 1.36. The van der Waals surface area contributed by atoms with E-state index in [0.29, 0.717) is 17.9 Å². The van der Waals surface area contributed by atoms with Gasteiger partial charge in [0.2, 0.25) is 5.89 Å². The summed E-state index contributed by atoms with van der Waals surface area (Å²) in [6, 6.07) is 6.64. The van der Waals surface area contributed by atoms with Gasteiger partial charge in [-0.1, -0.05) is 13.8 Å². The van der Waals surface area contributed by atoms with Crippen LogP contribution in [0.3, 0.4) is 0 Å². The fourth-order valence-electron chi connectivity index (χ4n) is 4.87. The molecule has 1 aromatic carbocycles. The standard InChI is InChI=1S/C23H31N5O3/c1-15(2)21-19-14-18(29-3)4-5-20(19)28(25-21)23-24-22(31-26-23)16-6-10-27(11-7-16)17-8-12-30-13-9-17/h4-5,14-17H,6-13H2,1-3H3. The van der Waals surface area contributed by atoms with Crippen LogP contribution in [0.2, 0.25) is 0 Å². The second-order valence-corrected chi connectivity index (χ2v) is 8.92. The van der Waals surface area contributed by atoms with Gasteiger partial charge in [0.15, 0.2) is 0 Å². The van der Waals surface area contributed by atoms with Gasteiger partial charge in [-0.3, -0.25) is 0 Å². The first kappa shape index (κ1) is 20.5. The van der Waals surface area contributed by atoms with Gasteiger partial charge in [-0.2, -0.15) is 14.8 Å². The molecule has 31 heavy (non-hydrogen) atoms. The number of nitrogens with zero attached hydrogens (tertiary/aromatic N) is 5. The zero-order valence-corrected chi connectivity index (χ0v) is 18.6. The molecule has 0 bridgehead atoms. The van der Waals surface area contributed by atoms with Crippen LogP contribution in [0, 0.1) is 0 Å². The summed E-state index contributed by atoms with van der Waals surface area (Å²) in [5, 5.41) is 10.2. The van der Waals surface area contributed by atoms with Crippen molar-refractivity contribution in [1.29, 1.82) is 0 Å². The maximum atomic E-state index is 5.72. The van der Waals surface area contributed by atoms with E-state index < -0.39 is 0 Å². The summed E-state index contributed by atoms with van der Waals surface area (Å²) in [7, 11) is 1.68. The molecule has 2 saturated heterocycles. The molecule has 8 nitrogen and oxygen atoms in total. The summed E-state index contributed by atoms with van der Waals surface area (Å²) in [6.07, 6.45) is 4.38. The summed E-state index contributed by atoms with van der Waals surface area (Å²) < 4.78 is 18.4. The van der Waals surface area contributed by atoms with Crippen molar-refractivity contribution in [3.63, 3.8) is 0 Å². The van der Waals surface area contributed by atoms with Crippen LogP contribution in [-0.2, 0) is 4.74 Å². The average Bonchev–Trinajstić information content (AvgIpc) is 3.44. The molecular formula is C23H31N5O3. The molecule has 166 valence electrons. The lowest BCUT2D eigenvalue weighted by atomic mass is 9.94. The third-order valence-corrected chi connectivity index (χ3v) is 6.67. The number of ether oxygens (including phenoxy) is 2. The molecule has 0 radical (unpaired) electrons. The van der Waals surface area contributed by atoms with Gasteiger partial charge in [0.05, 0.1) is 18.3 Å². The maximum Gasteiger partial charge on any atom is 0.291 e. The molecule has 0 saturated carbocycles. The molecule has 0 N–H and O–H groups in total. The van der Waals surface area contributed by atoms with Gasteiger partial charge in [0.25, 0.3) is 5.95 Å². The van der Waals surface area contributed by atoms with Crippen molar-refractivity contribution in [2.75, 3.05) is 33.4 Å². The minimum absolute atomic E-state index is 0.275. The number of aromatic nitrogens is 4. The predicted molar refractivity (Wildman–Crippen MR) is 117 cm³/mol. The van der Waals surface area contributed by atoms with Gasteiger partial charge in [-0.15, -0.1) is 0 Å². The van der Waals surface area contributed by atoms with E-state index in [2.05, 4.69) is 23.9 Å². The number of fused-ring (bicyclic) bond motifs is 1. The smallest absolute Gasteiger partial charge is 0.291 e. The Morgan fingerprint density at radius 2 is 1.87 bits per heavy atom. The van der Waals surface area contributed by atoms with E-state index in [0.717, 1.165) is 80.2 Å². The van der Waals surface area contributed by atoms with Crippen molar-refractivity contribution in [1.82, 2.24) is 24.8 Å². The van der Waals surface area contributed by atoms with Crippen LogP contribution >= 0.6 is 0 Å². The van der Waals surface area contributed by atoms with Crippen LogP contribution in [0.4, 0.5) is 0 Å². The monoisotopic (exact) mass is 425 g/mol. The van der Waals surface area contributed by atoms with Crippen molar-refractivity contribution < 1.29 is 14.0 Å². The highest BCUT2D eigenvalue weighted by molar-refractivity contribution is 5.85.